The summed E-state index contributed by atoms with van der Waals surface area (Å²) in [6, 6.07) is 19.4. The van der Waals surface area contributed by atoms with E-state index in [1.165, 1.54) is 5.56 Å². The first-order valence-corrected chi connectivity index (χ1v) is 11.4. The van der Waals surface area contributed by atoms with Gasteiger partial charge in [0.1, 0.15) is 0 Å². The van der Waals surface area contributed by atoms with Crippen molar-refractivity contribution < 1.29 is 32.6 Å². The van der Waals surface area contributed by atoms with Crippen molar-refractivity contribution in [2.45, 2.75) is 24.4 Å². The van der Waals surface area contributed by atoms with E-state index in [0.717, 1.165) is 29.7 Å². The zero-order chi connectivity index (χ0) is 26.6. The number of carboxylic acids is 1. The Morgan fingerprint density at radius 1 is 1.05 bits per heavy atom. The van der Waals surface area contributed by atoms with E-state index in [0.29, 0.717) is 30.9 Å². The molecule has 2 aliphatic rings. The van der Waals surface area contributed by atoms with Crippen LogP contribution in [0.25, 0.3) is 11.1 Å². The van der Waals surface area contributed by atoms with Gasteiger partial charge in [0.2, 0.25) is 0 Å². The Bertz CT molecular complexity index is 1350. The van der Waals surface area contributed by atoms with Crippen LogP contribution in [0.2, 0.25) is 0 Å². The number of carboxylic acid groups (broad SMARTS) is 1. The third-order valence-corrected chi connectivity index (χ3v) is 6.53. The highest BCUT2D eigenvalue weighted by atomic mass is 19.4. The van der Waals surface area contributed by atoms with Crippen LogP contribution in [0.3, 0.4) is 0 Å². The average molecular weight is 509 g/mol. The molecule has 1 aromatic heterocycles. The minimum absolute atomic E-state index is 0.120. The summed E-state index contributed by atoms with van der Waals surface area (Å²) in [5.74, 6) is -2.88. The Balaban J connectivity index is 0.000000405. The molecule has 1 N–H and O–H groups in total. The fraction of sp³-hybridized carbons (Fsp3) is 0.259. The third kappa shape index (κ3) is 5.32. The lowest BCUT2D eigenvalue weighted by atomic mass is 9.75. The summed E-state index contributed by atoms with van der Waals surface area (Å²) in [5.41, 5.74) is 5.01. The van der Waals surface area contributed by atoms with Crippen LogP contribution in [-0.2, 0) is 14.9 Å². The number of pyridine rings is 1. The number of alkyl halides is 3. The molecule has 0 atom stereocenters. The number of nitriles is 1. The van der Waals surface area contributed by atoms with Gasteiger partial charge in [0.05, 0.1) is 17.2 Å². The van der Waals surface area contributed by atoms with Crippen LogP contribution in [-0.4, -0.2) is 47.9 Å². The predicted molar refractivity (Wildman–Crippen MR) is 128 cm³/mol. The van der Waals surface area contributed by atoms with Gasteiger partial charge in [-0.15, -0.1) is 0 Å². The van der Waals surface area contributed by atoms with E-state index in [-0.39, 0.29) is 11.3 Å². The molecule has 0 unspecified atom stereocenters. The topological polar surface area (TPSA) is 104 Å². The molecule has 1 amide bonds. The van der Waals surface area contributed by atoms with Gasteiger partial charge in [-0.3, -0.25) is 9.78 Å². The number of anilines is 1. The molecule has 0 aliphatic carbocycles. The van der Waals surface area contributed by atoms with Gasteiger partial charge in [0, 0.05) is 43.3 Å². The van der Waals surface area contributed by atoms with Crippen molar-refractivity contribution >= 4 is 17.6 Å². The van der Waals surface area contributed by atoms with Crippen LogP contribution in [0, 0.1) is 11.3 Å². The smallest absolute Gasteiger partial charge is 0.475 e. The summed E-state index contributed by atoms with van der Waals surface area (Å²) in [6.45, 7) is 1.99. The molecule has 7 nitrogen and oxygen atoms in total. The van der Waals surface area contributed by atoms with Crippen molar-refractivity contribution in [2.24, 2.45) is 0 Å². The lowest BCUT2D eigenvalue weighted by Gasteiger charge is -2.34. The van der Waals surface area contributed by atoms with Gasteiger partial charge in [-0.1, -0.05) is 24.3 Å². The van der Waals surface area contributed by atoms with Gasteiger partial charge >= 0.3 is 12.1 Å². The summed E-state index contributed by atoms with van der Waals surface area (Å²) in [7, 11) is 0. The Hall–Kier alpha value is -4.23. The Labute approximate surface area is 210 Å². The van der Waals surface area contributed by atoms with E-state index < -0.39 is 12.1 Å². The number of halogens is 3. The van der Waals surface area contributed by atoms with E-state index in [1.54, 1.807) is 30.5 Å². The fourth-order valence-corrected chi connectivity index (χ4v) is 4.67. The number of carbonyl (C=O) groups excluding carboxylic acids is 1. The molecule has 37 heavy (non-hydrogen) atoms. The first-order chi connectivity index (χ1) is 17.7. The lowest BCUT2D eigenvalue weighted by molar-refractivity contribution is -0.192. The number of fused-ring (bicyclic) bond motifs is 2. The molecule has 2 aliphatic heterocycles. The lowest BCUT2D eigenvalue weighted by Crippen LogP contribution is -2.40. The van der Waals surface area contributed by atoms with Crippen molar-refractivity contribution in [1.82, 2.24) is 4.98 Å². The number of carbonyl (C=O) groups is 2. The van der Waals surface area contributed by atoms with Crippen molar-refractivity contribution in [3.8, 4) is 17.2 Å². The number of ether oxygens (including phenoxy) is 1. The van der Waals surface area contributed by atoms with Gasteiger partial charge in [0.15, 0.2) is 0 Å². The van der Waals surface area contributed by atoms with Gasteiger partial charge in [-0.05, 0) is 59.9 Å². The summed E-state index contributed by atoms with van der Waals surface area (Å²) >= 11 is 0. The zero-order valence-corrected chi connectivity index (χ0v) is 19.5. The minimum atomic E-state index is -5.08. The molecule has 3 heterocycles. The molecule has 1 spiro atoms. The Kier molecular flexibility index (Phi) is 7.27. The van der Waals surface area contributed by atoms with E-state index >= 15 is 0 Å². The van der Waals surface area contributed by atoms with Crippen molar-refractivity contribution in [1.29, 1.82) is 5.26 Å². The maximum atomic E-state index is 13.5. The number of hydrogen-bond acceptors (Lipinski definition) is 5. The molecule has 190 valence electrons. The molecule has 3 aromatic rings. The molecule has 0 radical (unpaired) electrons. The minimum Gasteiger partial charge on any atom is -0.475 e. The molecule has 10 heteroatoms. The predicted octanol–water partition coefficient (Wildman–Crippen LogP) is 4.96. The third-order valence-electron chi connectivity index (χ3n) is 6.53. The standard InChI is InChI=1S/C25H21N3O2.C2HF3O2/c26-15-19-4-1-2-6-21(19)24(29)28-17-25(9-12-30-13-10-25)22-14-18(7-8-23(22)28)20-5-3-11-27-16-20;3-2(4,5)1(6)7/h1-8,11,14,16H,9-10,12-13,17H2;(H,6,7). The molecule has 2 aromatic carbocycles. The maximum Gasteiger partial charge on any atom is 0.490 e. The normalized spacial score (nSPS) is 15.8. The largest absolute Gasteiger partial charge is 0.490 e. The average Bonchev–Trinajstić information content (AvgIpc) is 3.21. The van der Waals surface area contributed by atoms with Gasteiger partial charge in [-0.25, -0.2) is 4.79 Å². The summed E-state index contributed by atoms with van der Waals surface area (Å²) in [5, 5.41) is 16.6. The SMILES string of the molecule is N#Cc1ccccc1C(=O)N1CC2(CCOCC2)c2cc(-c3cccnc3)ccc21.O=C(O)C(F)(F)F. The van der Waals surface area contributed by atoms with Gasteiger partial charge in [-0.2, -0.15) is 18.4 Å². The highest BCUT2D eigenvalue weighted by Gasteiger charge is 2.46. The summed E-state index contributed by atoms with van der Waals surface area (Å²) < 4.78 is 37.4. The van der Waals surface area contributed by atoms with Gasteiger partial charge < -0.3 is 14.7 Å². The van der Waals surface area contributed by atoms with Crippen LogP contribution >= 0.6 is 0 Å². The van der Waals surface area contributed by atoms with E-state index in [4.69, 9.17) is 14.6 Å². The van der Waals surface area contributed by atoms with Gasteiger partial charge in [0.25, 0.3) is 5.91 Å². The number of rotatable bonds is 2. The van der Waals surface area contributed by atoms with Crippen molar-refractivity contribution in [2.75, 3.05) is 24.7 Å². The molecule has 0 saturated carbocycles. The van der Waals surface area contributed by atoms with Crippen molar-refractivity contribution in [3.05, 3.63) is 83.7 Å². The monoisotopic (exact) mass is 509 g/mol. The maximum absolute atomic E-state index is 13.5. The number of hydrogen-bond donors (Lipinski definition) is 1. The van der Waals surface area contributed by atoms with Crippen LogP contribution in [0.4, 0.5) is 18.9 Å². The quantitative estimate of drug-likeness (QED) is 0.524. The molecule has 5 rings (SSSR count). The van der Waals surface area contributed by atoms with E-state index in [2.05, 4.69) is 17.1 Å². The second-order valence-electron chi connectivity index (χ2n) is 8.72. The second-order valence-corrected chi connectivity index (χ2v) is 8.72. The van der Waals surface area contributed by atoms with Crippen LogP contribution in [0.1, 0.15) is 34.3 Å². The number of aromatic nitrogens is 1. The first kappa shape index (κ1) is 25.9. The van der Waals surface area contributed by atoms with Crippen LogP contribution < -0.4 is 4.90 Å². The second kappa shape index (κ2) is 10.4. The Morgan fingerprint density at radius 2 is 1.76 bits per heavy atom. The number of nitrogens with zero attached hydrogens (tertiary/aromatic N) is 3. The highest BCUT2D eigenvalue weighted by Crippen LogP contribution is 2.48. The van der Waals surface area contributed by atoms with E-state index in [9.17, 15) is 23.2 Å². The van der Waals surface area contributed by atoms with Crippen LogP contribution in [0.5, 0.6) is 0 Å². The number of amides is 1. The molecule has 0 bridgehead atoms. The highest BCUT2D eigenvalue weighted by molar-refractivity contribution is 6.09. The molecule has 1 fully saturated rings. The zero-order valence-electron chi connectivity index (χ0n) is 19.5. The number of aliphatic carboxylic acids is 1. The van der Waals surface area contributed by atoms with Crippen LogP contribution in [0.15, 0.2) is 67.0 Å². The fourth-order valence-electron chi connectivity index (χ4n) is 4.67. The molecular formula is C27H22F3N3O4. The molecular weight excluding hydrogens is 487 g/mol. The van der Waals surface area contributed by atoms with Crippen molar-refractivity contribution in [3.63, 3.8) is 0 Å². The molecule has 1 saturated heterocycles. The summed E-state index contributed by atoms with van der Waals surface area (Å²) in [4.78, 5) is 28.5. The summed E-state index contributed by atoms with van der Waals surface area (Å²) in [6.07, 6.45) is 0.295. The number of benzene rings is 2. The Morgan fingerprint density at radius 3 is 2.38 bits per heavy atom. The first-order valence-electron chi connectivity index (χ1n) is 11.4. The van der Waals surface area contributed by atoms with E-state index in [1.807, 2.05) is 35.4 Å².